The van der Waals surface area contributed by atoms with Gasteiger partial charge in [0.05, 0.1) is 12.7 Å². The number of hydrogen-bond donors (Lipinski definition) is 2. The highest BCUT2D eigenvalue weighted by Crippen LogP contribution is 2.23. The Hall–Kier alpha value is -0.120. The fourth-order valence-electron chi connectivity index (χ4n) is 2.20. The summed E-state index contributed by atoms with van der Waals surface area (Å²) < 4.78 is 5.15. The Morgan fingerprint density at radius 1 is 1.33 bits per heavy atom. The minimum Gasteiger partial charge on any atom is -0.393 e. The van der Waals surface area contributed by atoms with Crippen LogP contribution in [0, 0.1) is 5.92 Å². The Labute approximate surface area is 93.2 Å². The molecule has 0 amide bonds. The minimum atomic E-state index is -0.0396. The van der Waals surface area contributed by atoms with E-state index in [-0.39, 0.29) is 6.10 Å². The van der Waals surface area contributed by atoms with Crippen LogP contribution in [0.5, 0.6) is 0 Å². The molecule has 1 saturated carbocycles. The first kappa shape index (κ1) is 12.9. The zero-order valence-electron chi connectivity index (χ0n) is 10.0. The van der Waals surface area contributed by atoms with E-state index < -0.39 is 0 Å². The predicted octanol–water partition coefficient (Wildman–Crippen LogP) is 1.55. The van der Waals surface area contributed by atoms with Crippen LogP contribution in [0.15, 0.2) is 0 Å². The smallest absolute Gasteiger partial charge is 0.0615 e. The van der Waals surface area contributed by atoms with Gasteiger partial charge in [-0.15, -0.1) is 0 Å². The maximum Gasteiger partial charge on any atom is 0.0615 e. The molecule has 1 atom stereocenters. The molecule has 0 radical (unpaired) electrons. The second-order valence-corrected chi connectivity index (χ2v) is 4.64. The van der Waals surface area contributed by atoms with Crippen LogP contribution in [0.1, 0.15) is 39.0 Å². The fourth-order valence-corrected chi connectivity index (χ4v) is 2.20. The Morgan fingerprint density at radius 2 is 2.00 bits per heavy atom. The molecule has 1 rings (SSSR count). The van der Waals surface area contributed by atoms with Crippen LogP contribution in [0.4, 0.5) is 0 Å². The van der Waals surface area contributed by atoms with Gasteiger partial charge >= 0.3 is 0 Å². The van der Waals surface area contributed by atoms with E-state index in [4.69, 9.17) is 4.74 Å². The van der Waals surface area contributed by atoms with E-state index in [1.54, 1.807) is 7.11 Å². The lowest BCUT2D eigenvalue weighted by atomic mass is 9.87. The summed E-state index contributed by atoms with van der Waals surface area (Å²) in [4.78, 5) is 0. The molecular weight excluding hydrogens is 190 g/mol. The topological polar surface area (TPSA) is 41.5 Å². The maximum absolute atomic E-state index is 9.39. The zero-order chi connectivity index (χ0) is 11.1. The van der Waals surface area contributed by atoms with Gasteiger partial charge in [-0.1, -0.05) is 6.92 Å². The summed E-state index contributed by atoms with van der Waals surface area (Å²) in [6.45, 7) is 4.06. The first-order chi connectivity index (χ1) is 7.26. The number of ether oxygens (including phenoxy) is 1. The van der Waals surface area contributed by atoms with Crippen molar-refractivity contribution >= 4 is 0 Å². The first-order valence-electron chi connectivity index (χ1n) is 6.16. The second-order valence-electron chi connectivity index (χ2n) is 4.64. The van der Waals surface area contributed by atoms with Crippen LogP contribution >= 0.6 is 0 Å². The Kier molecular flexibility index (Phi) is 6.22. The van der Waals surface area contributed by atoms with Crippen molar-refractivity contribution in [1.82, 2.24) is 5.32 Å². The minimum absolute atomic E-state index is 0.0396. The van der Waals surface area contributed by atoms with Crippen LogP contribution < -0.4 is 5.32 Å². The molecule has 1 aliphatic carbocycles. The van der Waals surface area contributed by atoms with E-state index >= 15 is 0 Å². The maximum atomic E-state index is 9.39. The molecule has 15 heavy (non-hydrogen) atoms. The van der Waals surface area contributed by atoms with E-state index in [0.29, 0.717) is 6.04 Å². The molecule has 0 bridgehead atoms. The van der Waals surface area contributed by atoms with Gasteiger partial charge < -0.3 is 15.2 Å². The lowest BCUT2D eigenvalue weighted by Crippen LogP contribution is -2.37. The lowest BCUT2D eigenvalue weighted by molar-refractivity contribution is 0.104. The molecule has 0 saturated heterocycles. The van der Waals surface area contributed by atoms with Crippen LogP contribution in [0.2, 0.25) is 0 Å². The molecule has 90 valence electrons. The third-order valence-corrected chi connectivity index (χ3v) is 3.37. The highest BCUT2D eigenvalue weighted by molar-refractivity contribution is 4.75. The first-order valence-corrected chi connectivity index (χ1v) is 6.16. The standard InChI is InChI=1S/C12H25NO2/c1-3-11(9-15-2)13-8-10-4-6-12(14)7-5-10/h10-14H,3-9H2,1-2H3. The van der Waals surface area contributed by atoms with Gasteiger partial charge in [-0.3, -0.25) is 0 Å². The van der Waals surface area contributed by atoms with Gasteiger partial charge in [-0.05, 0) is 44.6 Å². The van der Waals surface area contributed by atoms with Crippen molar-refractivity contribution in [1.29, 1.82) is 0 Å². The second kappa shape index (κ2) is 7.20. The molecule has 1 unspecified atom stereocenters. The number of methoxy groups -OCH3 is 1. The van der Waals surface area contributed by atoms with Gasteiger partial charge in [0.25, 0.3) is 0 Å². The van der Waals surface area contributed by atoms with Crippen LogP contribution in [0.25, 0.3) is 0 Å². The summed E-state index contributed by atoms with van der Waals surface area (Å²) in [5, 5.41) is 12.9. The molecular formula is C12H25NO2. The summed E-state index contributed by atoms with van der Waals surface area (Å²) in [6.07, 6.45) is 5.36. The highest BCUT2D eigenvalue weighted by Gasteiger charge is 2.19. The van der Waals surface area contributed by atoms with Gasteiger partial charge in [0.15, 0.2) is 0 Å². The highest BCUT2D eigenvalue weighted by atomic mass is 16.5. The molecule has 0 aromatic carbocycles. The van der Waals surface area contributed by atoms with Crippen molar-refractivity contribution in [3.63, 3.8) is 0 Å². The van der Waals surface area contributed by atoms with Crippen LogP contribution in [-0.2, 0) is 4.74 Å². The summed E-state index contributed by atoms with van der Waals surface area (Å²) >= 11 is 0. The monoisotopic (exact) mass is 215 g/mol. The summed E-state index contributed by atoms with van der Waals surface area (Å²) in [5.41, 5.74) is 0. The zero-order valence-corrected chi connectivity index (χ0v) is 10.0. The molecule has 3 nitrogen and oxygen atoms in total. The summed E-state index contributed by atoms with van der Waals surface area (Å²) in [7, 11) is 1.75. The number of hydrogen-bond acceptors (Lipinski definition) is 3. The Balaban J connectivity index is 2.12. The molecule has 0 aromatic heterocycles. The average Bonchev–Trinajstić information content (AvgIpc) is 2.26. The van der Waals surface area contributed by atoms with E-state index in [0.717, 1.165) is 51.2 Å². The van der Waals surface area contributed by atoms with Gasteiger partial charge in [0, 0.05) is 13.2 Å². The largest absolute Gasteiger partial charge is 0.393 e. The van der Waals surface area contributed by atoms with Crippen LogP contribution in [-0.4, -0.2) is 37.5 Å². The molecule has 1 fully saturated rings. The fraction of sp³-hybridized carbons (Fsp3) is 1.00. The van der Waals surface area contributed by atoms with E-state index in [2.05, 4.69) is 12.2 Å². The average molecular weight is 215 g/mol. The van der Waals surface area contributed by atoms with Crippen LogP contribution in [0.3, 0.4) is 0 Å². The Morgan fingerprint density at radius 3 is 2.53 bits per heavy atom. The predicted molar refractivity (Wildman–Crippen MR) is 61.9 cm³/mol. The van der Waals surface area contributed by atoms with Gasteiger partial charge in [-0.25, -0.2) is 0 Å². The molecule has 0 aliphatic heterocycles. The third kappa shape index (κ3) is 4.96. The van der Waals surface area contributed by atoms with E-state index in [1.807, 2.05) is 0 Å². The van der Waals surface area contributed by atoms with Gasteiger partial charge in [-0.2, -0.15) is 0 Å². The quantitative estimate of drug-likeness (QED) is 0.706. The van der Waals surface area contributed by atoms with Crippen molar-refractivity contribution in [2.75, 3.05) is 20.3 Å². The number of nitrogens with one attached hydrogen (secondary N) is 1. The van der Waals surface area contributed by atoms with Crippen molar-refractivity contribution in [2.45, 2.75) is 51.2 Å². The molecule has 0 heterocycles. The molecule has 3 heteroatoms. The van der Waals surface area contributed by atoms with Crippen molar-refractivity contribution in [3.05, 3.63) is 0 Å². The lowest BCUT2D eigenvalue weighted by Gasteiger charge is -2.27. The van der Waals surface area contributed by atoms with Gasteiger partial charge in [0.1, 0.15) is 0 Å². The number of aliphatic hydroxyl groups is 1. The SMILES string of the molecule is CCC(COC)NCC1CCC(O)CC1. The Bertz CT molecular complexity index is 156. The normalized spacial score (nSPS) is 29.0. The molecule has 1 aliphatic rings. The summed E-state index contributed by atoms with van der Waals surface area (Å²) in [6, 6.07) is 0.488. The molecule has 2 N–H and O–H groups in total. The van der Waals surface area contributed by atoms with Crippen molar-refractivity contribution in [3.8, 4) is 0 Å². The van der Waals surface area contributed by atoms with Crippen molar-refractivity contribution in [2.24, 2.45) is 5.92 Å². The molecule has 0 spiro atoms. The number of aliphatic hydroxyl groups excluding tert-OH is 1. The summed E-state index contributed by atoms with van der Waals surface area (Å²) in [5.74, 6) is 0.749. The van der Waals surface area contributed by atoms with E-state index in [9.17, 15) is 5.11 Å². The number of rotatable bonds is 6. The van der Waals surface area contributed by atoms with Crippen molar-refractivity contribution < 1.29 is 9.84 Å². The van der Waals surface area contributed by atoms with Gasteiger partial charge in [0.2, 0.25) is 0 Å². The molecule has 0 aromatic rings. The third-order valence-electron chi connectivity index (χ3n) is 3.37. The van der Waals surface area contributed by atoms with E-state index in [1.165, 1.54) is 0 Å².